The molecule has 7 nitrogen and oxygen atoms in total. The molecule has 0 aliphatic carbocycles. The van der Waals surface area contributed by atoms with E-state index in [1.165, 1.54) is 4.90 Å². The molecule has 1 heterocycles. The molecule has 1 aliphatic heterocycles. The number of benzene rings is 3. The summed E-state index contributed by atoms with van der Waals surface area (Å²) in [5.74, 6) is 0.121. The number of carbonyl (C=O) groups is 3. The van der Waals surface area contributed by atoms with Crippen LogP contribution in [0.3, 0.4) is 0 Å². The number of halogens is 1. The monoisotopic (exact) mass is 566 g/mol. The van der Waals surface area contributed by atoms with Gasteiger partial charge in [0.1, 0.15) is 0 Å². The topological polar surface area (TPSA) is 84.9 Å². The molecular weight excluding hydrogens is 544 g/mol. The van der Waals surface area contributed by atoms with Crippen LogP contribution in [-0.2, 0) is 16.1 Å². The fraction of sp³-hybridized carbons (Fsp3) is 0.148. The Bertz CT molecular complexity index is 1300. The van der Waals surface area contributed by atoms with Crippen LogP contribution in [0.2, 0.25) is 0 Å². The van der Waals surface area contributed by atoms with E-state index in [4.69, 9.17) is 9.47 Å². The van der Waals surface area contributed by atoms with E-state index >= 15 is 0 Å². The van der Waals surface area contributed by atoms with Gasteiger partial charge in [-0.05, 0) is 76.1 Å². The molecule has 3 aromatic rings. The summed E-state index contributed by atoms with van der Waals surface area (Å²) in [6, 6.07) is 21.9. The van der Waals surface area contributed by atoms with E-state index in [2.05, 4.69) is 21.2 Å². The average molecular weight is 567 g/mol. The number of rotatable bonds is 9. The second-order valence-corrected chi connectivity index (χ2v) is 9.57. The first kappa shape index (κ1) is 25.5. The molecule has 0 spiro atoms. The molecule has 3 amide bonds. The number of carbonyl (C=O) groups excluding carboxylic acids is 3. The predicted octanol–water partition coefficient (Wildman–Crippen LogP) is 6.10. The number of nitrogens with zero attached hydrogens (tertiary/aromatic N) is 1. The molecule has 0 unspecified atom stereocenters. The van der Waals surface area contributed by atoms with Crippen molar-refractivity contribution in [3.05, 3.63) is 93.3 Å². The molecule has 1 saturated heterocycles. The highest BCUT2D eigenvalue weighted by molar-refractivity contribution is 9.10. The smallest absolute Gasteiger partial charge is 0.293 e. The number of nitrogens with one attached hydrogen (secondary N) is 1. The highest BCUT2D eigenvalue weighted by Gasteiger charge is 2.35. The summed E-state index contributed by atoms with van der Waals surface area (Å²) >= 11 is 4.38. The molecular formula is C27H23BrN2O5S. The lowest BCUT2D eigenvalue weighted by atomic mass is 10.1. The van der Waals surface area contributed by atoms with Crippen molar-refractivity contribution in [1.82, 2.24) is 4.90 Å². The van der Waals surface area contributed by atoms with E-state index in [9.17, 15) is 14.4 Å². The van der Waals surface area contributed by atoms with E-state index < -0.39 is 0 Å². The summed E-state index contributed by atoms with van der Waals surface area (Å²) in [4.78, 5) is 39.3. The Kier molecular flexibility index (Phi) is 8.45. The molecule has 36 heavy (non-hydrogen) atoms. The average Bonchev–Trinajstić information content (AvgIpc) is 3.12. The molecule has 0 aromatic heterocycles. The normalized spacial score (nSPS) is 14.3. The minimum Gasteiger partial charge on any atom is -0.490 e. The van der Waals surface area contributed by atoms with E-state index in [1.54, 1.807) is 30.3 Å². The van der Waals surface area contributed by atoms with Gasteiger partial charge in [-0.3, -0.25) is 19.3 Å². The molecule has 1 fully saturated rings. The fourth-order valence-electron chi connectivity index (χ4n) is 3.48. The molecule has 3 aromatic carbocycles. The maximum atomic E-state index is 12.9. The van der Waals surface area contributed by atoms with E-state index in [-0.39, 0.29) is 30.2 Å². The number of ether oxygens (including phenoxy) is 2. The van der Waals surface area contributed by atoms with Crippen LogP contribution >= 0.6 is 27.7 Å². The number of anilines is 1. The van der Waals surface area contributed by atoms with Gasteiger partial charge >= 0.3 is 0 Å². The van der Waals surface area contributed by atoms with Gasteiger partial charge in [0.05, 0.1) is 22.5 Å². The first-order valence-corrected chi connectivity index (χ1v) is 12.8. The summed E-state index contributed by atoms with van der Waals surface area (Å²) in [6.07, 6.45) is 1.65. The summed E-state index contributed by atoms with van der Waals surface area (Å²) in [5, 5.41) is 2.45. The van der Waals surface area contributed by atoms with Crippen molar-refractivity contribution in [3.63, 3.8) is 0 Å². The van der Waals surface area contributed by atoms with Crippen LogP contribution in [0.5, 0.6) is 11.5 Å². The zero-order valence-corrected chi connectivity index (χ0v) is 21.8. The first-order chi connectivity index (χ1) is 17.4. The summed E-state index contributed by atoms with van der Waals surface area (Å²) in [6.45, 7) is 2.21. The zero-order chi connectivity index (χ0) is 25.5. The third kappa shape index (κ3) is 6.35. The Hall–Kier alpha value is -3.56. The van der Waals surface area contributed by atoms with Gasteiger partial charge in [0.15, 0.2) is 18.1 Å². The Balaban J connectivity index is 1.49. The maximum absolute atomic E-state index is 12.9. The largest absolute Gasteiger partial charge is 0.490 e. The Labute approximate surface area is 221 Å². The highest BCUT2D eigenvalue weighted by Crippen LogP contribution is 2.39. The number of imide groups is 1. The van der Waals surface area contributed by atoms with Gasteiger partial charge in [-0.2, -0.15) is 0 Å². The summed E-state index contributed by atoms with van der Waals surface area (Å²) < 4.78 is 12.1. The SMILES string of the molecule is CCOc1cc(/C=C2\SC(=O)N(Cc3ccccc3)C2=O)cc(Br)c1OCC(=O)Nc1ccccc1. The lowest BCUT2D eigenvalue weighted by Crippen LogP contribution is -2.27. The molecule has 0 bridgehead atoms. The second-order valence-electron chi connectivity index (χ2n) is 7.72. The minimum atomic E-state index is -0.346. The Morgan fingerprint density at radius 3 is 2.42 bits per heavy atom. The molecule has 0 atom stereocenters. The van der Waals surface area contributed by atoms with Crippen LogP contribution in [-0.4, -0.2) is 35.2 Å². The van der Waals surface area contributed by atoms with Crippen molar-refractivity contribution in [3.8, 4) is 11.5 Å². The standard InChI is InChI=1S/C27H23BrN2O5S/c1-2-34-22-14-19(13-21(28)25(22)35-17-24(31)29-20-11-7-4-8-12-20)15-23-26(32)30(27(33)36-23)16-18-9-5-3-6-10-18/h3-15H,2,16-17H2,1H3,(H,29,31)/b23-15-. The van der Waals surface area contributed by atoms with E-state index in [0.29, 0.717) is 38.7 Å². The molecule has 0 saturated carbocycles. The molecule has 9 heteroatoms. The van der Waals surface area contributed by atoms with Crippen LogP contribution in [0.1, 0.15) is 18.1 Å². The zero-order valence-electron chi connectivity index (χ0n) is 19.4. The molecule has 184 valence electrons. The number of para-hydroxylation sites is 1. The van der Waals surface area contributed by atoms with Crippen LogP contribution in [0.4, 0.5) is 10.5 Å². The van der Waals surface area contributed by atoms with Gasteiger partial charge in [0, 0.05) is 5.69 Å². The fourth-order valence-corrected chi connectivity index (χ4v) is 4.90. The number of hydrogen-bond donors (Lipinski definition) is 1. The van der Waals surface area contributed by atoms with Crippen LogP contribution in [0.25, 0.3) is 6.08 Å². The van der Waals surface area contributed by atoms with E-state index in [1.807, 2.05) is 55.5 Å². The van der Waals surface area contributed by atoms with Crippen LogP contribution in [0.15, 0.2) is 82.2 Å². The van der Waals surface area contributed by atoms with Crippen molar-refractivity contribution in [2.45, 2.75) is 13.5 Å². The van der Waals surface area contributed by atoms with Crippen molar-refractivity contribution >= 4 is 56.5 Å². The molecule has 0 radical (unpaired) electrons. The first-order valence-electron chi connectivity index (χ1n) is 11.2. The number of hydrogen-bond acceptors (Lipinski definition) is 6. The van der Waals surface area contributed by atoms with Crippen molar-refractivity contribution in [2.75, 3.05) is 18.5 Å². The van der Waals surface area contributed by atoms with Crippen LogP contribution in [0, 0.1) is 0 Å². The second kappa shape index (κ2) is 11.9. The molecule has 1 N–H and O–H groups in total. The third-order valence-corrected chi connectivity index (χ3v) is 6.59. The third-order valence-electron chi connectivity index (χ3n) is 5.09. The predicted molar refractivity (Wildman–Crippen MR) is 144 cm³/mol. The van der Waals surface area contributed by atoms with Gasteiger partial charge in [-0.25, -0.2) is 0 Å². The number of thioether (sulfide) groups is 1. The maximum Gasteiger partial charge on any atom is 0.293 e. The van der Waals surface area contributed by atoms with Gasteiger partial charge < -0.3 is 14.8 Å². The van der Waals surface area contributed by atoms with E-state index in [0.717, 1.165) is 17.3 Å². The summed E-state index contributed by atoms with van der Waals surface area (Å²) in [5.41, 5.74) is 2.20. The van der Waals surface area contributed by atoms with Crippen molar-refractivity contribution < 1.29 is 23.9 Å². The van der Waals surface area contributed by atoms with Gasteiger partial charge in [0.2, 0.25) is 0 Å². The molecule has 1 aliphatic rings. The lowest BCUT2D eigenvalue weighted by Gasteiger charge is -2.15. The van der Waals surface area contributed by atoms with Crippen molar-refractivity contribution in [1.29, 1.82) is 0 Å². The van der Waals surface area contributed by atoms with Crippen LogP contribution < -0.4 is 14.8 Å². The minimum absolute atomic E-state index is 0.217. The van der Waals surface area contributed by atoms with Gasteiger partial charge in [-0.1, -0.05) is 48.5 Å². The van der Waals surface area contributed by atoms with Gasteiger partial charge in [-0.15, -0.1) is 0 Å². The van der Waals surface area contributed by atoms with Gasteiger partial charge in [0.25, 0.3) is 17.1 Å². The lowest BCUT2D eigenvalue weighted by molar-refractivity contribution is -0.123. The highest BCUT2D eigenvalue weighted by atomic mass is 79.9. The molecule has 4 rings (SSSR count). The Morgan fingerprint density at radius 1 is 1.03 bits per heavy atom. The number of amides is 3. The Morgan fingerprint density at radius 2 is 1.72 bits per heavy atom. The quantitative estimate of drug-likeness (QED) is 0.315. The van der Waals surface area contributed by atoms with Crippen molar-refractivity contribution in [2.24, 2.45) is 0 Å². The summed E-state index contributed by atoms with van der Waals surface area (Å²) in [7, 11) is 0.